The van der Waals surface area contributed by atoms with Crippen molar-refractivity contribution >= 4 is 17.9 Å². The van der Waals surface area contributed by atoms with Crippen LogP contribution in [-0.2, 0) is 33.3 Å². The maximum Gasteiger partial charge on any atom is 0.306 e. The second-order valence-electron chi connectivity index (χ2n) is 26.9. The van der Waals surface area contributed by atoms with Crippen molar-refractivity contribution in [3.05, 3.63) is 72.9 Å². The van der Waals surface area contributed by atoms with E-state index in [-0.39, 0.29) is 32.2 Å². The van der Waals surface area contributed by atoms with Gasteiger partial charge >= 0.3 is 11.9 Å². The Kier molecular flexibility index (Phi) is 68.0. The number of unbranched alkanes of at least 4 members (excludes halogenated alkanes) is 44. The summed E-state index contributed by atoms with van der Waals surface area (Å²) in [6.07, 6.45) is 91.7. The Morgan fingerprint density at radius 3 is 0.955 bits per heavy atom. The first-order valence-electron chi connectivity index (χ1n) is 38.1. The van der Waals surface area contributed by atoms with E-state index in [4.69, 9.17) is 18.9 Å². The Morgan fingerprint density at radius 2 is 0.640 bits per heavy atom. The number of esters is 2. The zero-order chi connectivity index (χ0) is 64.7. The van der Waals surface area contributed by atoms with Crippen LogP contribution in [0.1, 0.15) is 361 Å². The molecule has 9 heteroatoms. The number of nitrogens with zero attached hydrogens (tertiary/aromatic N) is 1. The molecule has 518 valence electrons. The highest BCUT2D eigenvalue weighted by molar-refractivity contribution is 5.70. The van der Waals surface area contributed by atoms with E-state index in [1.54, 1.807) is 0 Å². The van der Waals surface area contributed by atoms with Crippen LogP contribution >= 0.6 is 0 Å². The minimum atomic E-state index is -1.62. The fraction of sp³-hybridized carbons (Fsp3) is 0.812. The summed E-state index contributed by atoms with van der Waals surface area (Å²) in [4.78, 5) is 37.5. The van der Waals surface area contributed by atoms with Gasteiger partial charge in [-0.15, -0.1) is 0 Å². The van der Waals surface area contributed by atoms with Crippen molar-refractivity contribution in [2.45, 2.75) is 373 Å². The molecular weight excluding hydrogens is 1100 g/mol. The van der Waals surface area contributed by atoms with E-state index >= 15 is 0 Å². The van der Waals surface area contributed by atoms with Crippen molar-refractivity contribution in [2.75, 3.05) is 47.5 Å². The zero-order valence-corrected chi connectivity index (χ0v) is 59.3. The van der Waals surface area contributed by atoms with E-state index in [2.05, 4.69) is 86.8 Å². The van der Waals surface area contributed by atoms with E-state index in [0.717, 1.165) is 77.0 Å². The van der Waals surface area contributed by atoms with Crippen LogP contribution in [0.2, 0.25) is 0 Å². The van der Waals surface area contributed by atoms with Crippen molar-refractivity contribution in [2.24, 2.45) is 0 Å². The molecule has 0 aromatic heterocycles. The number of hydrogen-bond donors (Lipinski definition) is 0. The standard InChI is InChI=1S/C80H145NO8/c1-6-8-10-12-14-16-18-20-22-24-26-28-30-31-32-33-34-35-36-37-38-39-40-41-42-43-44-45-46-47-49-50-52-54-56-58-60-62-64-66-68-70-77(82)87-74-76(75-88-80(79(84)85)86-73-72-81(3,4)5)89-78(83)71-69-67-65-63-61-59-57-55-53-51-48-29-27-25-23-21-19-17-15-13-11-9-7-2/h9,11,15,17-18,20-21,23-24,26-27,29,76,80H,6-8,10,12-14,16,19,22,25,28,30-75H2,1-5H3/b11-9-,17-15-,20-18-,23-21-,26-24-,29-27-. The molecule has 0 amide bonds. The summed E-state index contributed by atoms with van der Waals surface area (Å²) in [5.74, 6) is -2.27. The van der Waals surface area contributed by atoms with Crippen molar-refractivity contribution in [3.8, 4) is 0 Å². The average Bonchev–Trinajstić information content (AvgIpc) is 3.64. The van der Waals surface area contributed by atoms with Crippen molar-refractivity contribution in [3.63, 3.8) is 0 Å². The average molecular weight is 1250 g/mol. The normalized spacial score (nSPS) is 13.0. The number of carbonyl (C=O) groups excluding carboxylic acids is 3. The van der Waals surface area contributed by atoms with E-state index in [9.17, 15) is 19.5 Å². The third kappa shape index (κ3) is 72.0. The van der Waals surface area contributed by atoms with Gasteiger partial charge in [0, 0.05) is 12.8 Å². The highest BCUT2D eigenvalue weighted by Gasteiger charge is 2.22. The fourth-order valence-electron chi connectivity index (χ4n) is 11.2. The number of carboxylic acids is 1. The first-order valence-corrected chi connectivity index (χ1v) is 38.1. The van der Waals surface area contributed by atoms with Gasteiger partial charge in [-0.1, -0.05) is 337 Å². The van der Waals surface area contributed by atoms with Crippen LogP contribution in [0.3, 0.4) is 0 Å². The smallest absolute Gasteiger partial charge is 0.306 e. The molecule has 0 N–H and O–H groups in total. The van der Waals surface area contributed by atoms with Gasteiger partial charge in [-0.25, -0.2) is 0 Å². The summed E-state index contributed by atoms with van der Waals surface area (Å²) >= 11 is 0. The molecule has 9 nitrogen and oxygen atoms in total. The van der Waals surface area contributed by atoms with E-state index in [1.807, 2.05) is 21.1 Å². The van der Waals surface area contributed by atoms with E-state index in [1.165, 1.54) is 250 Å². The lowest BCUT2D eigenvalue weighted by atomic mass is 10.0. The van der Waals surface area contributed by atoms with Crippen molar-refractivity contribution in [1.29, 1.82) is 0 Å². The molecule has 0 fully saturated rings. The number of quaternary nitrogens is 1. The van der Waals surface area contributed by atoms with Crippen LogP contribution in [0.15, 0.2) is 72.9 Å². The van der Waals surface area contributed by atoms with Crippen LogP contribution in [0.5, 0.6) is 0 Å². The van der Waals surface area contributed by atoms with Gasteiger partial charge in [-0.05, 0) is 83.5 Å². The van der Waals surface area contributed by atoms with Gasteiger partial charge in [0.25, 0.3) is 0 Å². The minimum absolute atomic E-state index is 0.146. The number of aliphatic carboxylic acids is 1. The lowest BCUT2D eigenvalue weighted by Crippen LogP contribution is -2.44. The third-order valence-corrected chi connectivity index (χ3v) is 16.9. The summed E-state index contributed by atoms with van der Waals surface area (Å²) in [7, 11) is 5.94. The Bertz CT molecular complexity index is 1690. The van der Waals surface area contributed by atoms with Crippen LogP contribution < -0.4 is 5.11 Å². The molecule has 0 saturated heterocycles. The summed E-state index contributed by atoms with van der Waals surface area (Å²) in [5, 5.41) is 11.8. The van der Waals surface area contributed by atoms with E-state index < -0.39 is 24.3 Å². The molecule has 0 aromatic rings. The number of likely N-dealkylation sites (N-methyl/N-ethyl adjacent to an activating group) is 1. The molecule has 0 saturated carbocycles. The summed E-state index contributed by atoms with van der Waals surface area (Å²) in [6, 6.07) is 0. The van der Waals surface area contributed by atoms with Gasteiger partial charge in [0.15, 0.2) is 12.4 Å². The number of ether oxygens (including phenoxy) is 4. The number of carbonyl (C=O) groups is 3. The number of hydrogen-bond acceptors (Lipinski definition) is 8. The van der Waals surface area contributed by atoms with Crippen LogP contribution in [0, 0.1) is 0 Å². The van der Waals surface area contributed by atoms with Gasteiger partial charge in [0.1, 0.15) is 13.2 Å². The molecule has 89 heavy (non-hydrogen) atoms. The zero-order valence-electron chi connectivity index (χ0n) is 59.3. The number of allylic oxidation sites excluding steroid dienone is 12. The quantitative estimate of drug-likeness (QED) is 0.0195. The summed E-state index contributed by atoms with van der Waals surface area (Å²) < 4.78 is 22.8. The number of carboxylic acid groups (broad SMARTS) is 1. The largest absolute Gasteiger partial charge is 0.545 e. The maximum absolute atomic E-state index is 12.9. The second kappa shape index (κ2) is 70.6. The molecular formula is C80H145NO8. The summed E-state index contributed by atoms with van der Waals surface area (Å²) in [5.41, 5.74) is 0. The number of rotatable bonds is 71. The molecule has 0 radical (unpaired) electrons. The van der Waals surface area contributed by atoms with Crippen LogP contribution in [0.4, 0.5) is 0 Å². The van der Waals surface area contributed by atoms with Crippen LogP contribution in [-0.4, -0.2) is 82.3 Å². The Balaban J connectivity index is 3.94. The Hall–Kier alpha value is -3.27. The van der Waals surface area contributed by atoms with E-state index in [0.29, 0.717) is 23.9 Å². The predicted octanol–water partition coefficient (Wildman–Crippen LogP) is 22.7. The maximum atomic E-state index is 12.9. The molecule has 2 atom stereocenters. The summed E-state index contributed by atoms with van der Waals surface area (Å²) in [6.45, 7) is 4.67. The lowest BCUT2D eigenvalue weighted by molar-refractivity contribution is -0.870. The molecule has 0 rings (SSSR count). The topological polar surface area (TPSA) is 111 Å². The highest BCUT2D eigenvalue weighted by atomic mass is 16.7. The molecule has 0 aromatic carbocycles. The fourth-order valence-corrected chi connectivity index (χ4v) is 11.2. The van der Waals surface area contributed by atoms with Crippen molar-refractivity contribution in [1.82, 2.24) is 0 Å². The third-order valence-electron chi connectivity index (χ3n) is 16.9. The SMILES string of the molecule is CC/C=C\C/C=C\C/C=C\C/C=C\CCCCCCCCCCCCC(=O)OC(COC(=O)CCCCCCCCCCCCCCCCCCCCCCCCCCCCCCC/C=C\C/C=C\CCCCCCC)COC(OCC[N+](C)(C)C)C(=O)[O-]. The van der Waals surface area contributed by atoms with Gasteiger partial charge in [-0.2, -0.15) is 0 Å². The molecule has 2 unspecified atom stereocenters. The molecule has 0 aliphatic rings. The van der Waals surface area contributed by atoms with Gasteiger partial charge in [0.05, 0.1) is 40.3 Å². The Morgan fingerprint density at radius 1 is 0.348 bits per heavy atom. The van der Waals surface area contributed by atoms with Crippen LogP contribution in [0.25, 0.3) is 0 Å². The minimum Gasteiger partial charge on any atom is -0.545 e. The second-order valence-corrected chi connectivity index (χ2v) is 26.9. The monoisotopic (exact) mass is 1250 g/mol. The van der Waals surface area contributed by atoms with Gasteiger partial charge in [0.2, 0.25) is 0 Å². The Labute approximate surface area is 551 Å². The lowest BCUT2D eigenvalue weighted by Gasteiger charge is -2.26. The first-order chi connectivity index (χ1) is 43.6. The molecule has 0 bridgehead atoms. The first kappa shape index (κ1) is 85.7. The molecule has 0 heterocycles. The van der Waals surface area contributed by atoms with Crippen molar-refractivity contribution < 1.29 is 42.9 Å². The van der Waals surface area contributed by atoms with Gasteiger partial charge in [-0.3, -0.25) is 9.59 Å². The molecule has 0 spiro atoms. The molecule has 0 aliphatic carbocycles. The van der Waals surface area contributed by atoms with Gasteiger partial charge < -0.3 is 33.3 Å². The highest BCUT2D eigenvalue weighted by Crippen LogP contribution is 2.19. The predicted molar refractivity (Wildman–Crippen MR) is 380 cm³/mol. The molecule has 0 aliphatic heterocycles.